The largest absolute Gasteiger partial charge is 0.472 e. The molecule has 4 nitrogen and oxygen atoms in total. The summed E-state index contributed by atoms with van der Waals surface area (Å²) in [6.45, 7) is 2.08. The van der Waals surface area contributed by atoms with Crippen molar-refractivity contribution in [3.8, 4) is 0 Å². The van der Waals surface area contributed by atoms with Crippen molar-refractivity contribution in [2.75, 3.05) is 7.11 Å². The summed E-state index contributed by atoms with van der Waals surface area (Å²) in [5, 5.41) is 0. The first-order chi connectivity index (χ1) is 6.81. The second-order valence-corrected chi connectivity index (χ2v) is 3.29. The molecule has 0 amide bonds. The molecular weight excluding hydrogens is 180 g/mol. The van der Waals surface area contributed by atoms with Gasteiger partial charge in [0.15, 0.2) is 0 Å². The number of methoxy groups -OCH3 is 1. The fourth-order valence-electron chi connectivity index (χ4n) is 1.58. The SMILES string of the molecule is CCC(OC)C(Cc1ccoc1)NN. The van der Waals surface area contributed by atoms with Gasteiger partial charge in [-0.25, -0.2) is 0 Å². The van der Waals surface area contributed by atoms with E-state index in [1.807, 2.05) is 6.07 Å². The van der Waals surface area contributed by atoms with E-state index >= 15 is 0 Å². The van der Waals surface area contributed by atoms with E-state index in [0.717, 1.165) is 18.4 Å². The average molecular weight is 198 g/mol. The van der Waals surface area contributed by atoms with Crippen molar-refractivity contribution >= 4 is 0 Å². The molecule has 0 fully saturated rings. The van der Waals surface area contributed by atoms with Crippen LogP contribution in [-0.4, -0.2) is 19.3 Å². The molecule has 3 N–H and O–H groups in total. The van der Waals surface area contributed by atoms with Crippen molar-refractivity contribution < 1.29 is 9.15 Å². The molecule has 0 aromatic carbocycles. The van der Waals surface area contributed by atoms with Gasteiger partial charge in [-0.3, -0.25) is 11.3 Å². The van der Waals surface area contributed by atoms with Crippen molar-refractivity contribution in [3.05, 3.63) is 24.2 Å². The molecule has 14 heavy (non-hydrogen) atoms. The number of hydrogen-bond acceptors (Lipinski definition) is 4. The predicted octanol–water partition coefficient (Wildman–Crippen LogP) is 1.08. The van der Waals surface area contributed by atoms with Gasteiger partial charge in [-0.05, 0) is 24.5 Å². The van der Waals surface area contributed by atoms with Crippen molar-refractivity contribution in [2.24, 2.45) is 5.84 Å². The Balaban J connectivity index is 2.53. The van der Waals surface area contributed by atoms with Crippen LogP contribution in [0.3, 0.4) is 0 Å². The number of ether oxygens (including phenoxy) is 1. The van der Waals surface area contributed by atoms with E-state index in [1.165, 1.54) is 0 Å². The first kappa shape index (κ1) is 11.2. The van der Waals surface area contributed by atoms with E-state index in [4.69, 9.17) is 15.0 Å². The normalized spacial score (nSPS) is 15.4. The van der Waals surface area contributed by atoms with Gasteiger partial charge in [-0.15, -0.1) is 0 Å². The van der Waals surface area contributed by atoms with Gasteiger partial charge in [-0.1, -0.05) is 6.92 Å². The second-order valence-electron chi connectivity index (χ2n) is 3.29. The zero-order chi connectivity index (χ0) is 10.4. The summed E-state index contributed by atoms with van der Waals surface area (Å²) in [7, 11) is 1.70. The lowest BCUT2D eigenvalue weighted by atomic mass is 10.0. The molecule has 2 unspecified atom stereocenters. The first-order valence-electron chi connectivity index (χ1n) is 4.81. The molecule has 1 rings (SSSR count). The molecule has 1 aromatic rings. The molecule has 0 aliphatic heterocycles. The first-order valence-corrected chi connectivity index (χ1v) is 4.81. The predicted molar refractivity (Wildman–Crippen MR) is 54.6 cm³/mol. The van der Waals surface area contributed by atoms with Crippen LogP contribution in [0.2, 0.25) is 0 Å². The number of nitrogens with two attached hydrogens (primary N) is 1. The van der Waals surface area contributed by atoms with Crippen LogP contribution in [0.15, 0.2) is 23.0 Å². The Morgan fingerprint density at radius 3 is 2.86 bits per heavy atom. The smallest absolute Gasteiger partial charge is 0.0935 e. The molecule has 1 heterocycles. The summed E-state index contributed by atoms with van der Waals surface area (Å²) < 4.78 is 10.3. The Morgan fingerprint density at radius 2 is 2.43 bits per heavy atom. The van der Waals surface area contributed by atoms with Crippen LogP contribution in [0, 0.1) is 0 Å². The van der Waals surface area contributed by atoms with Gasteiger partial charge in [0.2, 0.25) is 0 Å². The Morgan fingerprint density at radius 1 is 1.64 bits per heavy atom. The van der Waals surface area contributed by atoms with Gasteiger partial charge in [0.05, 0.1) is 24.7 Å². The standard InChI is InChI=1S/C10H18N2O2/c1-3-10(13-2)9(12-11)6-8-4-5-14-7-8/h4-5,7,9-10,12H,3,6,11H2,1-2H3. The topological polar surface area (TPSA) is 60.4 Å². The van der Waals surface area contributed by atoms with E-state index in [0.29, 0.717) is 0 Å². The minimum absolute atomic E-state index is 0.127. The van der Waals surface area contributed by atoms with Gasteiger partial charge >= 0.3 is 0 Å². The lowest BCUT2D eigenvalue weighted by Gasteiger charge is -2.23. The summed E-state index contributed by atoms with van der Waals surface area (Å²) in [4.78, 5) is 0. The highest BCUT2D eigenvalue weighted by molar-refractivity contribution is 5.08. The summed E-state index contributed by atoms with van der Waals surface area (Å²) in [5.41, 5.74) is 3.90. The van der Waals surface area contributed by atoms with Crippen LogP contribution in [0.1, 0.15) is 18.9 Å². The molecule has 0 saturated carbocycles. The number of nitrogens with one attached hydrogen (secondary N) is 1. The van der Waals surface area contributed by atoms with Crippen LogP contribution in [0.5, 0.6) is 0 Å². The van der Waals surface area contributed by atoms with E-state index < -0.39 is 0 Å². The average Bonchev–Trinajstić information content (AvgIpc) is 2.70. The maximum atomic E-state index is 5.48. The summed E-state index contributed by atoms with van der Waals surface area (Å²) in [6, 6.07) is 2.06. The monoisotopic (exact) mass is 198 g/mol. The number of rotatable bonds is 6. The molecular formula is C10H18N2O2. The van der Waals surface area contributed by atoms with E-state index in [-0.39, 0.29) is 12.1 Å². The van der Waals surface area contributed by atoms with Crippen molar-refractivity contribution in [1.82, 2.24) is 5.43 Å². The van der Waals surface area contributed by atoms with Crippen molar-refractivity contribution in [1.29, 1.82) is 0 Å². The molecule has 0 radical (unpaired) electrons. The van der Waals surface area contributed by atoms with Crippen LogP contribution < -0.4 is 11.3 Å². The zero-order valence-electron chi connectivity index (χ0n) is 8.69. The molecule has 4 heteroatoms. The quantitative estimate of drug-likeness (QED) is 0.530. The lowest BCUT2D eigenvalue weighted by Crippen LogP contribution is -2.46. The fraction of sp³-hybridized carbons (Fsp3) is 0.600. The van der Waals surface area contributed by atoms with Gasteiger partial charge in [0.1, 0.15) is 0 Å². The third kappa shape index (κ3) is 2.83. The number of hydrazine groups is 1. The third-order valence-electron chi connectivity index (χ3n) is 2.40. The summed E-state index contributed by atoms with van der Waals surface area (Å²) >= 11 is 0. The molecule has 0 bridgehead atoms. The molecule has 80 valence electrons. The van der Waals surface area contributed by atoms with Gasteiger partial charge in [0.25, 0.3) is 0 Å². The molecule has 2 atom stereocenters. The maximum Gasteiger partial charge on any atom is 0.0935 e. The number of hydrogen-bond donors (Lipinski definition) is 2. The Kier molecular flexibility index (Phi) is 4.65. The van der Waals surface area contributed by atoms with Crippen LogP contribution in [0.25, 0.3) is 0 Å². The van der Waals surface area contributed by atoms with Crippen molar-refractivity contribution in [2.45, 2.75) is 31.9 Å². The Hall–Kier alpha value is -0.840. The highest BCUT2D eigenvalue weighted by Crippen LogP contribution is 2.10. The van der Waals surface area contributed by atoms with Crippen LogP contribution in [-0.2, 0) is 11.2 Å². The number of furan rings is 1. The third-order valence-corrected chi connectivity index (χ3v) is 2.40. The van der Waals surface area contributed by atoms with E-state index in [9.17, 15) is 0 Å². The van der Waals surface area contributed by atoms with Gasteiger partial charge in [-0.2, -0.15) is 0 Å². The van der Waals surface area contributed by atoms with Gasteiger partial charge in [0, 0.05) is 7.11 Å². The van der Waals surface area contributed by atoms with Crippen LogP contribution in [0.4, 0.5) is 0 Å². The summed E-state index contributed by atoms with van der Waals surface area (Å²) in [6.07, 6.45) is 5.28. The highest BCUT2D eigenvalue weighted by atomic mass is 16.5. The molecule has 0 saturated heterocycles. The molecule has 0 aliphatic rings. The van der Waals surface area contributed by atoms with E-state index in [2.05, 4.69) is 12.3 Å². The van der Waals surface area contributed by atoms with Crippen LogP contribution >= 0.6 is 0 Å². The minimum Gasteiger partial charge on any atom is -0.472 e. The minimum atomic E-state index is 0.127. The maximum absolute atomic E-state index is 5.48. The highest BCUT2D eigenvalue weighted by Gasteiger charge is 2.18. The van der Waals surface area contributed by atoms with Gasteiger partial charge < -0.3 is 9.15 Å². The Labute approximate surface area is 84.4 Å². The Bertz CT molecular complexity index is 232. The second kappa shape index (κ2) is 5.80. The lowest BCUT2D eigenvalue weighted by molar-refractivity contribution is 0.0653. The molecule has 1 aromatic heterocycles. The fourth-order valence-corrected chi connectivity index (χ4v) is 1.58. The molecule has 0 aliphatic carbocycles. The molecule has 0 spiro atoms. The zero-order valence-corrected chi connectivity index (χ0v) is 8.69. The van der Waals surface area contributed by atoms with E-state index in [1.54, 1.807) is 19.6 Å². The van der Waals surface area contributed by atoms with Crippen molar-refractivity contribution in [3.63, 3.8) is 0 Å². The summed E-state index contributed by atoms with van der Waals surface area (Å²) in [5.74, 6) is 5.48.